The van der Waals surface area contributed by atoms with Gasteiger partial charge in [0.25, 0.3) is 0 Å². The van der Waals surface area contributed by atoms with E-state index < -0.39 is 0 Å². The molecule has 4 aromatic rings. The van der Waals surface area contributed by atoms with Crippen molar-refractivity contribution in [3.05, 3.63) is 122 Å². The Hall–Kier alpha value is -4.34. The maximum atomic E-state index is 11.7. The summed E-state index contributed by atoms with van der Waals surface area (Å²) in [5, 5.41) is 19.0. The van der Waals surface area contributed by atoms with Crippen LogP contribution in [0.15, 0.2) is 82.6 Å². The zero-order valence-electron chi connectivity index (χ0n) is 26.6. The summed E-state index contributed by atoms with van der Waals surface area (Å²) in [4.78, 5) is 27.9. The third kappa shape index (κ3) is 7.89. The average Bonchev–Trinajstić information content (AvgIpc) is 3.51. The fraction of sp³-hybridized carbons (Fsp3) is 0.405. The molecule has 9 nitrogen and oxygen atoms in total. The summed E-state index contributed by atoms with van der Waals surface area (Å²) in [6.07, 6.45) is 7.36. The first-order valence-corrected chi connectivity index (χ1v) is 16.4. The van der Waals surface area contributed by atoms with Crippen LogP contribution in [-0.4, -0.2) is 61.9 Å². The van der Waals surface area contributed by atoms with Crippen LogP contribution < -0.4 is 15.6 Å². The Kier molecular flexibility index (Phi) is 9.90. The van der Waals surface area contributed by atoms with Gasteiger partial charge in [0.1, 0.15) is 5.75 Å². The van der Waals surface area contributed by atoms with Crippen LogP contribution in [0.5, 0.6) is 17.2 Å². The summed E-state index contributed by atoms with van der Waals surface area (Å²) in [7, 11) is 0. The molecule has 2 aromatic heterocycles. The van der Waals surface area contributed by atoms with Gasteiger partial charge in [0.2, 0.25) is 10.9 Å². The molecular formula is C37H44N4O5. The fourth-order valence-corrected chi connectivity index (χ4v) is 6.75. The molecule has 5 heterocycles. The van der Waals surface area contributed by atoms with Gasteiger partial charge in [0, 0.05) is 75.8 Å². The number of fused-ring (bicyclic) bond motifs is 3. The van der Waals surface area contributed by atoms with Crippen molar-refractivity contribution < 1.29 is 14.9 Å². The first kappa shape index (κ1) is 31.6. The van der Waals surface area contributed by atoms with Crippen molar-refractivity contribution >= 4 is 0 Å². The van der Waals surface area contributed by atoms with Crippen LogP contribution in [0.3, 0.4) is 0 Å². The highest BCUT2D eigenvalue weighted by atomic mass is 16.5. The number of aryl methyl sites for hydroxylation is 1. The second-order valence-corrected chi connectivity index (χ2v) is 12.9. The molecule has 7 rings (SSSR count). The van der Waals surface area contributed by atoms with E-state index in [9.17, 15) is 19.8 Å². The Bertz CT molecular complexity index is 1770. The first-order valence-electron chi connectivity index (χ1n) is 16.4. The Morgan fingerprint density at radius 3 is 2.13 bits per heavy atom. The highest BCUT2D eigenvalue weighted by molar-refractivity contribution is 5.40. The molecule has 0 fully saturated rings. The van der Waals surface area contributed by atoms with Gasteiger partial charge in [-0.1, -0.05) is 49.4 Å². The van der Waals surface area contributed by atoms with E-state index in [0.29, 0.717) is 5.92 Å². The smallest absolute Gasteiger partial charge is 0.223 e. The molecule has 3 aliphatic rings. The molecule has 0 saturated carbocycles. The van der Waals surface area contributed by atoms with Gasteiger partial charge in [-0.05, 0) is 54.5 Å². The number of benzene rings is 2. The van der Waals surface area contributed by atoms with Crippen molar-refractivity contribution in [2.45, 2.75) is 58.8 Å². The minimum absolute atomic E-state index is 0.156. The van der Waals surface area contributed by atoms with Gasteiger partial charge in [-0.15, -0.1) is 0 Å². The van der Waals surface area contributed by atoms with Crippen LogP contribution in [-0.2, 0) is 45.4 Å². The Morgan fingerprint density at radius 1 is 0.783 bits per heavy atom. The zero-order chi connectivity index (χ0) is 32.0. The van der Waals surface area contributed by atoms with Gasteiger partial charge < -0.3 is 24.1 Å². The lowest BCUT2D eigenvalue weighted by atomic mass is 9.98. The highest BCUT2D eigenvalue weighted by Crippen LogP contribution is 2.27. The third-order valence-electron chi connectivity index (χ3n) is 9.18. The summed E-state index contributed by atoms with van der Waals surface area (Å²) in [6, 6.07) is 20.2. The number of hydrogen-bond donors (Lipinski definition) is 2. The summed E-state index contributed by atoms with van der Waals surface area (Å²) in [5.74, 6) is 1.26. The number of hydrogen-bond acceptors (Lipinski definition) is 7. The Balaban J connectivity index is 0.000000164. The Labute approximate surface area is 269 Å². The van der Waals surface area contributed by atoms with Crippen LogP contribution in [0.1, 0.15) is 41.4 Å². The molecule has 2 N–H and O–H groups in total. The van der Waals surface area contributed by atoms with Crippen LogP contribution >= 0.6 is 0 Å². The quantitative estimate of drug-likeness (QED) is 0.303. The second-order valence-electron chi connectivity index (χ2n) is 12.9. The van der Waals surface area contributed by atoms with Gasteiger partial charge in [-0.25, -0.2) is 0 Å². The van der Waals surface area contributed by atoms with Crippen molar-refractivity contribution in [1.29, 1.82) is 0 Å². The number of ether oxygens (including phenoxy) is 1. The van der Waals surface area contributed by atoms with Gasteiger partial charge in [-0.3, -0.25) is 19.4 Å². The van der Waals surface area contributed by atoms with E-state index in [-0.39, 0.29) is 22.4 Å². The molecule has 2 aromatic carbocycles. The molecule has 0 bridgehead atoms. The maximum absolute atomic E-state index is 11.7. The van der Waals surface area contributed by atoms with E-state index in [0.717, 1.165) is 102 Å². The van der Waals surface area contributed by atoms with Crippen molar-refractivity contribution in [2.24, 2.45) is 5.92 Å². The van der Waals surface area contributed by atoms with Gasteiger partial charge in [-0.2, -0.15) is 0 Å². The number of aromatic nitrogens is 2. The van der Waals surface area contributed by atoms with Crippen molar-refractivity contribution in [3.63, 3.8) is 0 Å². The minimum Gasteiger partial charge on any atom is -0.503 e. The summed E-state index contributed by atoms with van der Waals surface area (Å²) in [6.45, 7) is 10.2. The fourth-order valence-electron chi connectivity index (χ4n) is 6.75. The number of aromatic hydroxyl groups is 2. The number of rotatable bonds is 8. The standard InChI is InChI=1S/C20H24N2O3.C17H20N2O2/c1-14(8-15-2-3-16-4-7-25-20(16)9-15)11-21-5-6-22-13-19(24)18(23)10-17(22)12-21;20-16-11-15-12-18(9-10-19(15)13-17(16)21)8-4-7-14-5-2-1-3-6-14/h2-3,9-10,13-14,24H,4-8,11-12H2,1H3;1-3,5-6,11,13,21H,4,7-10,12H2. The highest BCUT2D eigenvalue weighted by Gasteiger charge is 2.20. The molecule has 0 radical (unpaired) electrons. The van der Waals surface area contributed by atoms with Gasteiger partial charge in [0.15, 0.2) is 11.5 Å². The van der Waals surface area contributed by atoms with Crippen molar-refractivity contribution in [2.75, 3.05) is 32.8 Å². The van der Waals surface area contributed by atoms with E-state index in [2.05, 4.69) is 59.2 Å². The normalized spacial score (nSPS) is 16.4. The number of nitrogens with zero attached hydrogens (tertiary/aromatic N) is 4. The predicted molar refractivity (Wildman–Crippen MR) is 179 cm³/mol. The molecule has 0 saturated heterocycles. The topological polar surface area (TPSA) is 100 Å². The van der Waals surface area contributed by atoms with E-state index >= 15 is 0 Å². The first-order chi connectivity index (χ1) is 22.3. The second kappa shape index (κ2) is 14.4. The van der Waals surface area contributed by atoms with Crippen molar-refractivity contribution in [1.82, 2.24) is 18.9 Å². The van der Waals surface area contributed by atoms with E-state index in [1.165, 1.54) is 16.7 Å². The summed E-state index contributed by atoms with van der Waals surface area (Å²) < 4.78 is 9.63. The van der Waals surface area contributed by atoms with Gasteiger partial charge >= 0.3 is 0 Å². The lowest BCUT2D eigenvalue weighted by Gasteiger charge is -2.32. The minimum atomic E-state index is -0.292. The van der Waals surface area contributed by atoms with Crippen LogP contribution in [0.25, 0.3) is 0 Å². The molecule has 0 spiro atoms. The van der Waals surface area contributed by atoms with E-state index in [1.807, 2.05) is 15.2 Å². The largest absolute Gasteiger partial charge is 0.503 e. The summed E-state index contributed by atoms with van der Waals surface area (Å²) >= 11 is 0. The van der Waals surface area contributed by atoms with E-state index in [1.54, 1.807) is 24.5 Å². The lowest BCUT2D eigenvalue weighted by molar-refractivity contribution is 0.190. The van der Waals surface area contributed by atoms with Crippen LogP contribution in [0.4, 0.5) is 0 Å². The van der Waals surface area contributed by atoms with E-state index in [4.69, 9.17) is 4.74 Å². The molecule has 242 valence electrons. The monoisotopic (exact) mass is 624 g/mol. The maximum Gasteiger partial charge on any atom is 0.223 e. The molecule has 0 amide bonds. The molecule has 1 unspecified atom stereocenters. The SMILES string of the molecule is CC(Cc1ccc2c(c1)OCC2)CN1CCn2cc(O)c(=O)cc2C1.O=c1cc2n(cc1O)CCN(CCCc1ccccc1)C2. The van der Waals surface area contributed by atoms with Crippen molar-refractivity contribution in [3.8, 4) is 17.2 Å². The molecule has 46 heavy (non-hydrogen) atoms. The molecule has 3 aliphatic heterocycles. The average molecular weight is 625 g/mol. The third-order valence-corrected chi connectivity index (χ3v) is 9.18. The van der Waals surface area contributed by atoms with Gasteiger partial charge in [0.05, 0.1) is 19.0 Å². The zero-order valence-corrected chi connectivity index (χ0v) is 26.6. The molecule has 1 atom stereocenters. The molecule has 9 heteroatoms. The molecular weight excluding hydrogens is 580 g/mol. The Morgan fingerprint density at radius 2 is 1.43 bits per heavy atom. The predicted octanol–water partition coefficient (Wildman–Crippen LogP) is 4.19. The molecule has 0 aliphatic carbocycles. The summed E-state index contributed by atoms with van der Waals surface area (Å²) in [5.41, 5.74) is 5.41. The lowest BCUT2D eigenvalue weighted by Crippen LogP contribution is -2.37. The van der Waals surface area contributed by atoms with Crippen LogP contribution in [0.2, 0.25) is 0 Å². The number of pyridine rings is 2. The van der Waals surface area contributed by atoms with Crippen LogP contribution in [0, 0.1) is 5.92 Å².